The van der Waals surface area contributed by atoms with Crippen LogP contribution >= 0.6 is 0 Å². The van der Waals surface area contributed by atoms with Gasteiger partial charge in [0.2, 0.25) is 0 Å². The van der Waals surface area contributed by atoms with Crippen LogP contribution in [0.2, 0.25) is 0 Å². The van der Waals surface area contributed by atoms with Crippen molar-refractivity contribution in [3.05, 3.63) is 23.7 Å². The van der Waals surface area contributed by atoms with Gasteiger partial charge in [-0.15, -0.1) is 0 Å². The minimum absolute atomic E-state index is 0.130. The Morgan fingerprint density at radius 3 is 2.43 bits per heavy atom. The molecule has 0 aromatic carbocycles. The molecule has 1 aromatic heterocycles. The van der Waals surface area contributed by atoms with Gasteiger partial charge in [-0.05, 0) is 39.8 Å². The van der Waals surface area contributed by atoms with Crippen molar-refractivity contribution in [2.75, 3.05) is 6.54 Å². The number of hydrogen-bond donors (Lipinski definition) is 1. The maximum absolute atomic E-state index is 5.93. The molecule has 3 heteroatoms. The van der Waals surface area contributed by atoms with Gasteiger partial charge in [0.15, 0.2) is 11.5 Å². The smallest absolute Gasteiger partial charge is 0.175 e. The van der Waals surface area contributed by atoms with Gasteiger partial charge in [-0.2, -0.15) is 0 Å². The van der Waals surface area contributed by atoms with Crippen molar-refractivity contribution in [1.29, 1.82) is 0 Å². The zero-order valence-electron chi connectivity index (χ0n) is 9.18. The van der Waals surface area contributed by atoms with Crippen molar-refractivity contribution < 1.29 is 9.15 Å². The molecule has 1 fully saturated rings. The zero-order valence-corrected chi connectivity index (χ0v) is 9.18. The SMILES string of the molecule is Cc1ccc(C2(C)NCC(C)(C)O2)o1. The highest BCUT2D eigenvalue weighted by atomic mass is 16.6. The van der Waals surface area contributed by atoms with E-state index in [-0.39, 0.29) is 5.60 Å². The summed E-state index contributed by atoms with van der Waals surface area (Å²) in [5.74, 6) is 1.76. The molecule has 14 heavy (non-hydrogen) atoms. The van der Waals surface area contributed by atoms with E-state index in [1.807, 2.05) is 26.0 Å². The number of furan rings is 1. The van der Waals surface area contributed by atoms with Gasteiger partial charge in [-0.3, -0.25) is 5.32 Å². The van der Waals surface area contributed by atoms with Crippen LogP contribution in [0.25, 0.3) is 0 Å². The van der Waals surface area contributed by atoms with Crippen molar-refractivity contribution in [2.24, 2.45) is 0 Å². The lowest BCUT2D eigenvalue weighted by Crippen LogP contribution is -2.34. The quantitative estimate of drug-likeness (QED) is 0.745. The molecule has 1 atom stereocenters. The van der Waals surface area contributed by atoms with Crippen LogP contribution in [-0.2, 0) is 10.5 Å². The summed E-state index contributed by atoms with van der Waals surface area (Å²) in [5.41, 5.74) is -0.604. The second-order valence-corrected chi connectivity index (χ2v) is 4.66. The predicted molar refractivity (Wildman–Crippen MR) is 54.0 cm³/mol. The molecule has 78 valence electrons. The molecule has 0 amide bonds. The van der Waals surface area contributed by atoms with Crippen LogP contribution in [0.4, 0.5) is 0 Å². The van der Waals surface area contributed by atoms with E-state index in [2.05, 4.69) is 19.2 Å². The highest BCUT2D eigenvalue weighted by molar-refractivity contribution is 5.14. The summed E-state index contributed by atoms with van der Waals surface area (Å²) in [4.78, 5) is 0. The molecular formula is C11H17NO2. The molecule has 0 bridgehead atoms. The van der Waals surface area contributed by atoms with Crippen molar-refractivity contribution in [3.8, 4) is 0 Å². The summed E-state index contributed by atoms with van der Waals surface area (Å²) in [6.07, 6.45) is 0. The van der Waals surface area contributed by atoms with E-state index in [0.717, 1.165) is 18.1 Å². The monoisotopic (exact) mass is 195 g/mol. The Bertz CT molecular complexity index is 343. The lowest BCUT2D eigenvalue weighted by molar-refractivity contribution is -0.0951. The van der Waals surface area contributed by atoms with Crippen LogP contribution in [0.5, 0.6) is 0 Å². The minimum atomic E-state index is -0.474. The fraction of sp³-hybridized carbons (Fsp3) is 0.636. The van der Waals surface area contributed by atoms with Gasteiger partial charge in [0, 0.05) is 6.54 Å². The fourth-order valence-electron chi connectivity index (χ4n) is 1.83. The highest BCUT2D eigenvalue weighted by Gasteiger charge is 2.43. The lowest BCUT2D eigenvalue weighted by atomic mass is 10.1. The second-order valence-electron chi connectivity index (χ2n) is 4.66. The van der Waals surface area contributed by atoms with Gasteiger partial charge < -0.3 is 9.15 Å². The molecular weight excluding hydrogens is 178 g/mol. The van der Waals surface area contributed by atoms with Gasteiger partial charge >= 0.3 is 0 Å². The molecule has 2 rings (SSSR count). The standard InChI is InChI=1S/C11H17NO2/c1-8-5-6-9(13-8)11(4)12-7-10(2,3)14-11/h5-6,12H,7H2,1-4H3. The van der Waals surface area contributed by atoms with Crippen LogP contribution in [0.15, 0.2) is 16.5 Å². The molecule has 0 aliphatic carbocycles. The fourth-order valence-corrected chi connectivity index (χ4v) is 1.83. The third-order valence-electron chi connectivity index (χ3n) is 2.54. The van der Waals surface area contributed by atoms with E-state index in [1.54, 1.807) is 0 Å². The number of aryl methyl sites for hydroxylation is 1. The molecule has 0 radical (unpaired) electrons. The highest BCUT2D eigenvalue weighted by Crippen LogP contribution is 2.34. The zero-order chi connectivity index (χ0) is 10.4. The molecule has 3 nitrogen and oxygen atoms in total. The van der Waals surface area contributed by atoms with Crippen molar-refractivity contribution >= 4 is 0 Å². The molecule has 0 spiro atoms. The minimum Gasteiger partial charge on any atom is -0.462 e. The molecule has 1 unspecified atom stereocenters. The average molecular weight is 195 g/mol. The van der Waals surface area contributed by atoms with Gasteiger partial charge in [-0.25, -0.2) is 0 Å². The van der Waals surface area contributed by atoms with E-state index >= 15 is 0 Å². The van der Waals surface area contributed by atoms with Crippen molar-refractivity contribution in [1.82, 2.24) is 5.32 Å². The topological polar surface area (TPSA) is 34.4 Å². The Labute approximate surface area is 84.4 Å². The first-order valence-electron chi connectivity index (χ1n) is 4.93. The average Bonchev–Trinajstić information content (AvgIpc) is 2.57. The Kier molecular flexibility index (Phi) is 1.98. The van der Waals surface area contributed by atoms with Crippen LogP contribution in [0.1, 0.15) is 32.3 Å². The van der Waals surface area contributed by atoms with Crippen LogP contribution in [-0.4, -0.2) is 12.1 Å². The lowest BCUT2D eigenvalue weighted by Gasteiger charge is -2.24. The summed E-state index contributed by atoms with van der Waals surface area (Å²) < 4.78 is 11.5. The van der Waals surface area contributed by atoms with E-state index in [1.165, 1.54) is 0 Å². The van der Waals surface area contributed by atoms with Crippen LogP contribution in [0.3, 0.4) is 0 Å². The molecule has 1 aliphatic rings. The largest absolute Gasteiger partial charge is 0.462 e. The van der Waals surface area contributed by atoms with E-state index in [9.17, 15) is 0 Å². The van der Waals surface area contributed by atoms with Crippen molar-refractivity contribution in [2.45, 2.75) is 39.0 Å². The molecule has 1 saturated heterocycles. The summed E-state index contributed by atoms with van der Waals surface area (Å²) in [7, 11) is 0. The Balaban J connectivity index is 2.27. The normalized spacial score (nSPS) is 30.9. The Morgan fingerprint density at radius 2 is 2.00 bits per heavy atom. The first-order chi connectivity index (χ1) is 6.41. The van der Waals surface area contributed by atoms with Gasteiger partial charge in [0.25, 0.3) is 0 Å². The third-order valence-corrected chi connectivity index (χ3v) is 2.54. The number of hydrogen-bond acceptors (Lipinski definition) is 3. The van der Waals surface area contributed by atoms with Gasteiger partial charge in [0.1, 0.15) is 5.76 Å². The second kappa shape index (κ2) is 2.84. The van der Waals surface area contributed by atoms with Gasteiger partial charge in [0.05, 0.1) is 5.60 Å². The molecule has 1 N–H and O–H groups in total. The number of rotatable bonds is 1. The van der Waals surface area contributed by atoms with Gasteiger partial charge in [-0.1, -0.05) is 0 Å². The Hall–Kier alpha value is -0.800. The first kappa shape index (κ1) is 9.74. The predicted octanol–water partition coefficient (Wildman–Crippen LogP) is 2.16. The maximum Gasteiger partial charge on any atom is 0.175 e. The third kappa shape index (κ3) is 1.57. The van der Waals surface area contributed by atoms with E-state index in [0.29, 0.717) is 0 Å². The first-order valence-corrected chi connectivity index (χ1v) is 4.93. The summed E-state index contributed by atoms with van der Waals surface area (Å²) in [6.45, 7) is 8.91. The van der Waals surface area contributed by atoms with Crippen LogP contribution < -0.4 is 5.32 Å². The number of nitrogens with one attached hydrogen (secondary N) is 1. The number of ether oxygens (including phenoxy) is 1. The summed E-state index contributed by atoms with van der Waals surface area (Å²) in [6, 6.07) is 3.92. The summed E-state index contributed by atoms with van der Waals surface area (Å²) in [5, 5.41) is 3.34. The molecule has 1 aliphatic heterocycles. The van der Waals surface area contributed by atoms with Crippen molar-refractivity contribution in [3.63, 3.8) is 0 Å². The summed E-state index contributed by atoms with van der Waals surface area (Å²) >= 11 is 0. The molecule has 1 aromatic rings. The molecule has 0 saturated carbocycles. The Morgan fingerprint density at radius 1 is 1.29 bits per heavy atom. The van der Waals surface area contributed by atoms with E-state index in [4.69, 9.17) is 9.15 Å². The maximum atomic E-state index is 5.93. The van der Waals surface area contributed by atoms with E-state index < -0.39 is 5.72 Å². The molecule has 2 heterocycles. The van der Waals surface area contributed by atoms with Crippen LogP contribution in [0, 0.1) is 6.92 Å².